The third-order valence-electron chi connectivity index (χ3n) is 3.66. The Morgan fingerprint density at radius 3 is 2.92 bits per heavy atom. The predicted molar refractivity (Wildman–Crippen MR) is 93.7 cm³/mol. The van der Waals surface area contributed by atoms with Crippen LogP contribution in [-0.2, 0) is 20.7 Å². The van der Waals surface area contributed by atoms with Gasteiger partial charge in [0.25, 0.3) is 5.91 Å². The number of aromatic nitrogens is 1. The molecule has 0 bridgehead atoms. The molecule has 1 amide bonds. The Kier molecular flexibility index (Phi) is 5.31. The highest BCUT2D eigenvalue weighted by Crippen LogP contribution is 2.17. The number of hydrogen-bond acceptors (Lipinski definition) is 4. The largest absolute Gasteiger partial charge is 0.465 e. The topological polar surface area (TPSA) is 84.3 Å². The van der Waals surface area contributed by atoms with E-state index in [4.69, 9.17) is 9.15 Å². The minimum absolute atomic E-state index is 0.310. The normalized spacial score (nSPS) is 11.0. The van der Waals surface area contributed by atoms with E-state index in [1.165, 1.54) is 18.4 Å². The summed E-state index contributed by atoms with van der Waals surface area (Å²) in [7, 11) is 0. The minimum Gasteiger partial charge on any atom is -0.465 e. The molecule has 0 aliphatic carbocycles. The number of hydrogen-bond donors (Lipinski definition) is 2. The van der Waals surface area contributed by atoms with E-state index in [1.807, 2.05) is 30.5 Å². The van der Waals surface area contributed by atoms with Crippen LogP contribution in [-0.4, -0.2) is 30.0 Å². The lowest BCUT2D eigenvalue weighted by Crippen LogP contribution is -2.30. The molecule has 0 atom stereocenters. The summed E-state index contributed by atoms with van der Waals surface area (Å²) in [5.74, 6) is -0.386. The molecule has 2 N–H and O–H groups in total. The molecule has 6 nitrogen and oxygen atoms in total. The number of amides is 1. The summed E-state index contributed by atoms with van der Waals surface area (Å²) in [6.07, 6.45) is 6.85. The first-order valence-corrected chi connectivity index (χ1v) is 7.92. The van der Waals surface area contributed by atoms with Crippen LogP contribution in [0.25, 0.3) is 17.0 Å². The zero-order chi connectivity index (χ0) is 17.5. The number of ether oxygens (including phenoxy) is 1. The number of furan rings is 1. The molecule has 3 aromatic rings. The Bertz CT molecular complexity index is 878. The van der Waals surface area contributed by atoms with Gasteiger partial charge in [-0.05, 0) is 36.3 Å². The van der Waals surface area contributed by atoms with Gasteiger partial charge in [0.15, 0.2) is 6.61 Å². The van der Waals surface area contributed by atoms with E-state index in [1.54, 1.807) is 12.1 Å². The van der Waals surface area contributed by atoms with Crippen molar-refractivity contribution in [2.24, 2.45) is 0 Å². The summed E-state index contributed by atoms with van der Waals surface area (Å²) in [5, 5.41) is 3.88. The van der Waals surface area contributed by atoms with Gasteiger partial charge in [-0.1, -0.05) is 18.2 Å². The number of nitrogens with one attached hydrogen (secondary N) is 2. The fourth-order valence-electron chi connectivity index (χ4n) is 2.45. The van der Waals surface area contributed by atoms with Crippen LogP contribution in [0.5, 0.6) is 0 Å². The second kappa shape index (κ2) is 8.01. The van der Waals surface area contributed by atoms with Crippen LogP contribution in [0.1, 0.15) is 11.3 Å². The lowest BCUT2D eigenvalue weighted by molar-refractivity contribution is -0.143. The molecule has 0 radical (unpaired) electrons. The Hall–Kier alpha value is -3.28. The second-order valence-electron chi connectivity index (χ2n) is 5.42. The second-order valence-corrected chi connectivity index (χ2v) is 5.42. The third kappa shape index (κ3) is 4.60. The lowest BCUT2D eigenvalue weighted by Gasteiger charge is -2.05. The molecule has 3 rings (SSSR count). The molecule has 25 heavy (non-hydrogen) atoms. The third-order valence-corrected chi connectivity index (χ3v) is 3.66. The van der Waals surface area contributed by atoms with E-state index < -0.39 is 5.97 Å². The zero-order valence-corrected chi connectivity index (χ0v) is 13.5. The van der Waals surface area contributed by atoms with Gasteiger partial charge >= 0.3 is 5.97 Å². The van der Waals surface area contributed by atoms with Crippen molar-refractivity contribution in [3.63, 3.8) is 0 Å². The molecule has 0 aliphatic heterocycles. The molecular weight excluding hydrogens is 320 g/mol. The fourth-order valence-corrected chi connectivity index (χ4v) is 2.45. The lowest BCUT2D eigenvalue weighted by atomic mass is 10.1. The van der Waals surface area contributed by atoms with Gasteiger partial charge in [-0.25, -0.2) is 4.79 Å². The molecule has 2 heterocycles. The van der Waals surface area contributed by atoms with Gasteiger partial charge in [0.1, 0.15) is 5.76 Å². The number of carbonyl (C=O) groups excluding carboxylic acids is 2. The highest BCUT2D eigenvalue weighted by Gasteiger charge is 2.06. The van der Waals surface area contributed by atoms with Crippen molar-refractivity contribution in [3.05, 3.63) is 66.3 Å². The Labute approximate surface area is 144 Å². The van der Waals surface area contributed by atoms with Crippen LogP contribution >= 0.6 is 0 Å². The van der Waals surface area contributed by atoms with Crippen molar-refractivity contribution >= 4 is 28.9 Å². The minimum atomic E-state index is -0.594. The van der Waals surface area contributed by atoms with Crippen molar-refractivity contribution in [3.8, 4) is 0 Å². The Balaban J connectivity index is 1.39. The van der Waals surface area contributed by atoms with Gasteiger partial charge in [-0.15, -0.1) is 0 Å². The first-order valence-electron chi connectivity index (χ1n) is 7.92. The summed E-state index contributed by atoms with van der Waals surface area (Å²) in [4.78, 5) is 26.4. The standard InChI is InChI=1S/C19H18N2O4/c22-18(13-25-19(23)8-7-15-4-3-11-24-15)20-10-9-14-12-21-17-6-2-1-5-16(14)17/h1-8,11-12,21H,9-10,13H2,(H,20,22). The van der Waals surface area contributed by atoms with Crippen LogP contribution in [0.2, 0.25) is 0 Å². The molecule has 0 spiro atoms. The van der Waals surface area contributed by atoms with E-state index in [0.29, 0.717) is 18.7 Å². The fraction of sp³-hybridized carbons (Fsp3) is 0.158. The first kappa shape index (κ1) is 16.6. The summed E-state index contributed by atoms with van der Waals surface area (Å²) >= 11 is 0. The van der Waals surface area contributed by atoms with Crippen molar-refractivity contribution in [2.75, 3.05) is 13.2 Å². The first-order chi connectivity index (χ1) is 12.2. The molecule has 1 aromatic carbocycles. The van der Waals surface area contributed by atoms with Crippen molar-refractivity contribution in [1.82, 2.24) is 10.3 Å². The zero-order valence-electron chi connectivity index (χ0n) is 13.5. The Morgan fingerprint density at radius 1 is 1.20 bits per heavy atom. The molecule has 0 unspecified atom stereocenters. The SMILES string of the molecule is O=C(COC(=O)C=Cc1ccco1)NCCc1c[nH]c2ccccc12. The summed E-state index contributed by atoms with van der Waals surface area (Å²) < 4.78 is 9.93. The summed E-state index contributed by atoms with van der Waals surface area (Å²) in [6, 6.07) is 11.4. The van der Waals surface area contributed by atoms with Crippen molar-refractivity contribution < 1.29 is 18.7 Å². The van der Waals surface area contributed by atoms with E-state index in [2.05, 4.69) is 10.3 Å². The number of H-pyrrole nitrogens is 1. The van der Waals surface area contributed by atoms with Gasteiger partial charge in [-0.3, -0.25) is 4.79 Å². The number of fused-ring (bicyclic) bond motifs is 1. The number of aromatic amines is 1. The molecule has 0 saturated heterocycles. The van der Waals surface area contributed by atoms with E-state index in [9.17, 15) is 9.59 Å². The predicted octanol–water partition coefficient (Wildman–Crippen LogP) is 2.68. The maximum atomic E-state index is 11.7. The maximum Gasteiger partial charge on any atom is 0.331 e. The molecule has 6 heteroatoms. The van der Waals surface area contributed by atoms with E-state index >= 15 is 0 Å². The van der Waals surface area contributed by atoms with Gasteiger partial charge in [0.05, 0.1) is 6.26 Å². The maximum absolute atomic E-state index is 11.7. The summed E-state index contributed by atoms with van der Waals surface area (Å²) in [5.41, 5.74) is 2.20. The highest BCUT2D eigenvalue weighted by molar-refractivity contribution is 5.89. The summed E-state index contributed by atoms with van der Waals surface area (Å²) in [6.45, 7) is 0.162. The van der Waals surface area contributed by atoms with Crippen LogP contribution in [0.4, 0.5) is 0 Å². The number of carbonyl (C=O) groups is 2. The number of para-hydroxylation sites is 1. The van der Waals surface area contributed by atoms with Crippen LogP contribution in [0.3, 0.4) is 0 Å². The van der Waals surface area contributed by atoms with Gasteiger partial charge in [0, 0.05) is 29.7 Å². The van der Waals surface area contributed by atoms with E-state index in [-0.39, 0.29) is 12.5 Å². The average Bonchev–Trinajstić information content (AvgIpc) is 3.28. The van der Waals surface area contributed by atoms with Gasteiger partial charge in [0.2, 0.25) is 0 Å². The number of benzene rings is 1. The smallest absolute Gasteiger partial charge is 0.331 e. The van der Waals surface area contributed by atoms with Gasteiger partial charge < -0.3 is 19.5 Å². The van der Waals surface area contributed by atoms with Crippen LogP contribution in [0.15, 0.2) is 59.4 Å². The highest BCUT2D eigenvalue weighted by atomic mass is 16.5. The van der Waals surface area contributed by atoms with E-state index in [0.717, 1.165) is 16.5 Å². The molecule has 0 fully saturated rings. The molecule has 0 aliphatic rings. The average molecular weight is 338 g/mol. The quantitative estimate of drug-likeness (QED) is 0.512. The van der Waals surface area contributed by atoms with Crippen molar-refractivity contribution in [2.45, 2.75) is 6.42 Å². The van der Waals surface area contributed by atoms with Gasteiger partial charge in [-0.2, -0.15) is 0 Å². The number of esters is 1. The van der Waals surface area contributed by atoms with Crippen molar-refractivity contribution in [1.29, 1.82) is 0 Å². The monoisotopic (exact) mass is 338 g/mol. The molecular formula is C19H18N2O4. The van der Waals surface area contributed by atoms with Crippen LogP contribution in [0, 0.1) is 0 Å². The van der Waals surface area contributed by atoms with Crippen LogP contribution < -0.4 is 5.32 Å². The molecule has 2 aromatic heterocycles. The molecule has 128 valence electrons. The Morgan fingerprint density at radius 2 is 2.08 bits per heavy atom. The molecule has 0 saturated carbocycles. The number of rotatable bonds is 7.